The molecule has 1 fully saturated rings. The maximum Gasteiger partial charge on any atom is 0.0829 e. The summed E-state index contributed by atoms with van der Waals surface area (Å²) in [7, 11) is 4.12. The topological polar surface area (TPSA) is 15.7 Å². The molecule has 0 spiro atoms. The van der Waals surface area contributed by atoms with Crippen LogP contribution in [-0.2, 0) is 4.74 Å². The van der Waals surface area contributed by atoms with Crippen molar-refractivity contribution in [3.63, 3.8) is 0 Å². The molecule has 1 rings (SSSR count). The van der Waals surface area contributed by atoms with Gasteiger partial charge in [0.1, 0.15) is 0 Å². The molecule has 4 heteroatoms. The minimum absolute atomic E-state index is 0. The van der Waals surface area contributed by atoms with E-state index in [1.54, 1.807) is 0 Å². The lowest BCUT2D eigenvalue weighted by molar-refractivity contribution is -0.0338. The molecule has 1 saturated heterocycles. The van der Waals surface area contributed by atoms with Crippen molar-refractivity contribution in [3.8, 4) is 12.3 Å². The molecule has 1 aliphatic heterocycles. The Balaban J connectivity index is 0.00000169. The molecule has 0 bridgehead atoms. The highest BCUT2D eigenvalue weighted by atomic mass is 35.5. The summed E-state index contributed by atoms with van der Waals surface area (Å²) in [4.78, 5) is 4.40. The fourth-order valence-corrected chi connectivity index (χ4v) is 1.57. The molecule has 0 aromatic rings. The van der Waals surface area contributed by atoms with Crippen LogP contribution in [-0.4, -0.2) is 62.8 Å². The van der Waals surface area contributed by atoms with Crippen LogP contribution < -0.4 is 0 Å². The summed E-state index contributed by atoms with van der Waals surface area (Å²) in [5, 5.41) is 0. The fourth-order valence-electron chi connectivity index (χ4n) is 1.57. The first-order valence-corrected chi connectivity index (χ1v) is 4.64. The van der Waals surface area contributed by atoms with Crippen molar-refractivity contribution < 1.29 is 4.74 Å². The average molecular weight is 219 g/mol. The van der Waals surface area contributed by atoms with Gasteiger partial charge in [-0.15, -0.1) is 18.8 Å². The molecule has 1 heterocycles. The number of likely N-dealkylation sites (N-methyl/N-ethyl adjacent to an activating group) is 1. The largest absolute Gasteiger partial charge is 0.374 e. The Hall–Kier alpha value is -0.270. The summed E-state index contributed by atoms with van der Waals surface area (Å²) in [5.41, 5.74) is 0. The Morgan fingerprint density at radius 2 is 2.29 bits per heavy atom. The quantitative estimate of drug-likeness (QED) is 0.634. The molecule has 0 aliphatic carbocycles. The van der Waals surface area contributed by atoms with Crippen LogP contribution in [0.2, 0.25) is 0 Å². The Kier molecular flexibility index (Phi) is 6.94. The number of hydrogen-bond acceptors (Lipinski definition) is 3. The number of morpholine rings is 1. The lowest BCUT2D eigenvalue weighted by Gasteiger charge is -2.32. The Morgan fingerprint density at radius 3 is 2.86 bits per heavy atom. The van der Waals surface area contributed by atoms with Crippen molar-refractivity contribution in [2.75, 3.05) is 46.9 Å². The molecule has 1 atom stereocenters. The Bertz CT molecular complexity index is 191. The van der Waals surface area contributed by atoms with E-state index in [2.05, 4.69) is 29.8 Å². The van der Waals surface area contributed by atoms with Gasteiger partial charge in [-0.3, -0.25) is 4.90 Å². The predicted molar refractivity (Wildman–Crippen MR) is 60.8 cm³/mol. The van der Waals surface area contributed by atoms with Gasteiger partial charge in [0.15, 0.2) is 0 Å². The number of nitrogens with zero attached hydrogens (tertiary/aromatic N) is 2. The molecule has 14 heavy (non-hydrogen) atoms. The molecular formula is C10H19ClN2O. The predicted octanol–water partition coefficient (Wildman–Crippen LogP) is 0.304. The first-order valence-electron chi connectivity index (χ1n) is 4.64. The van der Waals surface area contributed by atoms with E-state index in [0.29, 0.717) is 6.10 Å². The van der Waals surface area contributed by atoms with Gasteiger partial charge in [0, 0.05) is 19.6 Å². The van der Waals surface area contributed by atoms with Crippen LogP contribution in [0.1, 0.15) is 0 Å². The summed E-state index contributed by atoms with van der Waals surface area (Å²) in [5.74, 6) is 2.67. The fraction of sp³-hybridized carbons (Fsp3) is 0.800. The highest BCUT2D eigenvalue weighted by molar-refractivity contribution is 5.85. The second kappa shape index (κ2) is 7.08. The minimum atomic E-state index is 0. The van der Waals surface area contributed by atoms with E-state index < -0.39 is 0 Å². The number of halogens is 1. The molecule has 0 aromatic heterocycles. The highest BCUT2D eigenvalue weighted by Crippen LogP contribution is 2.04. The second-order valence-corrected chi connectivity index (χ2v) is 3.69. The summed E-state index contributed by atoms with van der Waals surface area (Å²) in [6.45, 7) is 4.45. The van der Waals surface area contributed by atoms with Crippen LogP contribution >= 0.6 is 12.4 Å². The van der Waals surface area contributed by atoms with Crippen LogP contribution in [0, 0.1) is 12.3 Å². The van der Waals surface area contributed by atoms with Crippen molar-refractivity contribution in [2.24, 2.45) is 0 Å². The number of hydrogen-bond donors (Lipinski definition) is 0. The van der Waals surface area contributed by atoms with E-state index in [1.165, 1.54) is 0 Å². The van der Waals surface area contributed by atoms with E-state index in [9.17, 15) is 0 Å². The van der Waals surface area contributed by atoms with Gasteiger partial charge in [0.25, 0.3) is 0 Å². The van der Waals surface area contributed by atoms with Crippen LogP contribution in [0.4, 0.5) is 0 Å². The monoisotopic (exact) mass is 218 g/mol. The number of ether oxygens (including phenoxy) is 1. The molecule has 0 aromatic carbocycles. The van der Waals surface area contributed by atoms with Crippen molar-refractivity contribution in [2.45, 2.75) is 6.10 Å². The Labute approximate surface area is 92.8 Å². The molecule has 0 N–H and O–H groups in total. The van der Waals surface area contributed by atoms with E-state index in [0.717, 1.165) is 32.8 Å². The van der Waals surface area contributed by atoms with Crippen LogP contribution in [0.25, 0.3) is 0 Å². The third-order valence-corrected chi connectivity index (χ3v) is 2.11. The van der Waals surface area contributed by atoms with Crippen molar-refractivity contribution in [1.82, 2.24) is 9.80 Å². The zero-order valence-electron chi connectivity index (χ0n) is 8.90. The molecule has 82 valence electrons. The van der Waals surface area contributed by atoms with Crippen molar-refractivity contribution >= 4 is 12.4 Å². The average Bonchev–Trinajstić information content (AvgIpc) is 2.04. The molecule has 1 unspecified atom stereocenters. The molecule has 1 aliphatic rings. The standard InChI is InChI=1S/C10H18N2O.ClH/c1-4-5-12-6-7-13-10(9-12)8-11(2)3;/h1,10H,5-9H2,2-3H3;1H. The SMILES string of the molecule is C#CCN1CCOC(CN(C)C)C1.Cl. The van der Waals surface area contributed by atoms with E-state index in [4.69, 9.17) is 11.2 Å². The second-order valence-electron chi connectivity index (χ2n) is 3.69. The van der Waals surface area contributed by atoms with Gasteiger partial charge in [-0.2, -0.15) is 0 Å². The summed E-state index contributed by atoms with van der Waals surface area (Å²) < 4.78 is 5.61. The van der Waals surface area contributed by atoms with E-state index in [1.807, 2.05) is 0 Å². The van der Waals surface area contributed by atoms with Gasteiger partial charge in [-0.05, 0) is 14.1 Å². The number of terminal acetylenes is 1. The molecular weight excluding hydrogens is 200 g/mol. The van der Waals surface area contributed by atoms with E-state index >= 15 is 0 Å². The number of rotatable bonds is 3. The smallest absolute Gasteiger partial charge is 0.0829 e. The summed E-state index contributed by atoms with van der Waals surface area (Å²) in [6, 6.07) is 0. The maximum atomic E-state index is 5.61. The Morgan fingerprint density at radius 1 is 1.57 bits per heavy atom. The third kappa shape index (κ3) is 4.83. The van der Waals surface area contributed by atoms with Crippen molar-refractivity contribution in [3.05, 3.63) is 0 Å². The van der Waals surface area contributed by atoms with Gasteiger partial charge in [-0.25, -0.2) is 0 Å². The molecule has 3 nitrogen and oxygen atoms in total. The first-order chi connectivity index (χ1) is 6.22. The lowest BCUT2D eigenvalue weighted by Crippen LogP contribution is -2.46. The summed E-state index contributed by atoms with van der Waals surface area (Å²) in [6.07, 6.45) is 5.58. The zero-order valence-corrected chi connectivity index (χ0v) is 9.72. The molecule has 0 radical (unpaired) electrons. The minimum Gasteiger partial charge on any atom is -0.374 e. The van der Waals surface area contributed by atoms with Crippen molar-refractivity contribution in [1.29, 1.82) is 0 Å². The lowest BCUT2D eigenvalue weighted by atomic mass is 10.2. The van der Waals surface area contributed by atoms with Crippen LogP contribution in [0.5, 0.6) is 0 Å². The van der Waals surface area contributed by atoms with Gasteiger partial charge in [0.2, 0.25) is 0 Å². The molecule has 0 saturated carbocycles. The van der Waals surface area contributed by atoms with Gasteiger partial charge < -0.3 is 9.64 Å². The molecule has 0 amide bonds. The highest BCUT2D eigenvalue weighted by Gasteiger charge is 2.19. The van der Waals surface area contributed by atoms with Crippen LogP contribution in [0.3, 0.4) is 0 Å². The van der Waals surface area contributed by atoms with Crippen LogP contribution in [0.15, 0.2) is 0 Å². The summed E-state index contributed by atoms with van der Waals surface area (Å²) >= 11 is 0. The first kappa shape index (κ1) is 13.7. The van der Waals surface area contributed by atoms with Gasteiger partial charge in [0.05, 0.1) is 19.3 Å². The van der Waals surface area contributed by atoms with E-state index in [-0.39, 0.29) is 12.4 Å². The van der Waals surface area contributed by atoms with Gasteiger partial charge >= 0.3 is 0 Å². The normalized spacial score (nSPS) is 22.9. The zero-order chi connectivity index (χ0) is 9.68. The van der Waals surface area contributed by atoms with Gasteiger partial charge in [-0.1, -0.05) is 5.92 Å². The maximum absolute atomic E-state index is 5.61. The third-order valence-electron chi connectivity index (χ3n) is 2.11.